The topological polar surface area (TPSA) is 93.8 Å². The third-order valence-electron chi connectivity index (χ3n) is 4.11. The van der Waals surface area contributed by atoms with Crippen LogP contribution in [0.2, 0.25) is 0 Å². The Hall–Kier alpha value is -2.04. The number of ether oxygens (including phenoxy) is 2. The van der Waals surface area contributed by atoms with E-state index in [0.29, 0.717) is 12.4 Å². The molecule has 0 saturated heterocycles. The number of benzene rings is 1. The largest absolute Gasteiger partial charge is 0.497 e. The van der Waals surface area contributed by atoms with Crippen LogP contribution in [0.5, 0.6) is 11.5 Å². The standard InChI is InChI=1S/C20H31N5O3.HI/c1-6-21-20(22-11-7-8-18-24-19(14(2)3)25-28-18)23-13-15-9-10-16(26-4)12-17(15)27-5;/h9-10,12,14H,6-8,11,13H2,1-5H3,(H2,21,22,23);1H. The minimum Gasteiger partial charge on any atom is -0.497 e. The van der Waals surface area contributed by atoms with Gasteiger partial charge >= 0.3 is 0 Å². The van der Waals surface area contributed by atoms with Crippen LogP contribution in [0.15, 0.2) is 27.7 Å². The highest BCUT2D eigenvalue weighted by Crippen LogP contribution is 2.25. The van der Waals surface area contributed by atoms with Gasteiger partial charge in [0.15, 0.2) is 11.8 Å². The van der Waals surface area contributed by atoms with Crippen LogP contribution in [-0.2, 0) is 13.0 Å². The fraction of sp³-hybridized carbons (Fsp3) is 0.550. The van der Waals surface area contributed by atoms with Crippen molar-refractivity contribution in [2.24, 2.45) is 4.99 Å². The van der Waals surface area contributed by atoms with E-state index in [4.69, 9.17) is 14.0 Å². The van der Waals surface area contributed by atoms with Gasteiger partial charge in [-0.25, -0.2) is 4.99 Å². The fourth-order valence-corrected chi connectivity index (χ4v) is 2.54. The molecule has 29 heavy (non-hydrogen) atoms. The van der Waals surface area contributed by atoms with Crippen LogP contribution in [0.25, 0.3) is 0 Å². The first kappa shape index (κ1) is 25.0. The Labute approximate surface area is 189 Å². The van der Waals surface area contributed by atoms with Crippen LogP contribution < -0.4 is 20.1 Å². The zero-order valence-electron chi connectivity index (χ0n) is 17.8. The zero-order chi connectivity index (χ0) is 20.4. The Kier molecular flexibility index (Phi) is 11.4. The molecule has 0 saturated carbocycles. The van der Waals surface area contributed by atoms with E-state index in [1.165, 1.54) is 0 Å². The van der Waals surface area contributed by atoms with Crippen LogP contribution >= 0.6 is 24.0 Å². The molecule has 0 fully saturated rings. The van der Waals surface area contributed by atoms with Crippen molar-refractivity contribution in [1.82, 2.24) is 20.8 Å². The molecule has 2 rings (SSSR count). The van der Waals surface area contributed by atoms with E-state index in [0.717, 1.165) is 54.8 Å². The third-order valence-corrected chi connectivity index (χ3v) is 4.11. The highest BCUT2D eigenvalue weighted by molar-refractivity contribution is 14.0. The number of guanidine groups is 1. The predicted molar refractivity (Wildman–Crippen MR) is 124 cm³/mol. The Bertz CT molecular complexity index is 764. The molecule has 1 heterocycles. The van der Waals surface area contributed by atoms with E-state index >= 15 is 0 Å². The van der Waals surface area contributed by atoms with Gasteiger partial charge in [-0.15, -0.1) is 24.0 Å². The fourth-order valence-electron chi connectivity index (χ4n) is 2.54. The maximum absolute atomic E-state index is 5.43. The summed E-state index contributed by atoms with van der Waals surface area (Å²) < 4.78 is 15.9. The quantitative estimate of drug-likeness (QED) is 0.216. The highest BCUT2D eigenvalue weighted by atomic mass is 127. The highest BCUT2D eigenvalue weighted by Gasteiger charge is 2.09. The molecule has 0 aliphatic rings. The summed E-state index contributed by atoms with van der Waals surface area (Å²) in [5, 5.41) is 10.6. The smallest absolute Gasteiger partial charge is 0.226 e. The number of aromatic nitrogens is 2. The maximum atomic E-state index is 5.43. The lowest BCUT2D eigenvalue weighted by atomic mass is 10.2. The van der Waals surface area contributed by atoms with Gasteiger partial charge in [0.25, 0.3) is 0 Å². The van der Waals surface area contributed by atoms with Crippen molar-refractivity contribution in [3.8, 4) is 11.5 Å². The van der Waals surface area contributed by atoms with Gasteiger partial charge in [-0.05, 0) is 25.5 Å². The second kappa shape index (κ2) is 13.2. The van der Waals surface area contributed by atoms with E-state index in [1.54, 1.807) is 14.2 Å². The number of nitrogens with zero attached hydrogens (tertiary/aromatic N) is 3. The molecule has 1 aromatic carbocycles. The second-order valence-electron chi connectivity index (χ2n) is 6.60. The van der Waals surface area contributed by atoms with Crippen LogP contribution in [0.4, 0.5) is 0 Å². The Morgan fingerprint density at radius 1 is 1.21 bits per heavy atom. The van der Waals surface area contributed by atoms with E-state index in [-0.39, 0.29) is 29.9 Å². The van der Waals surface area contributed by atoms with E-state index in [2.05, 4.69) is 25.8 Å². The SMILES string of the molecule is CCNC(=NCc1ccc(OC)cc1OC)NCCCc1nc(C(C)C)no1.I. The lowest BCUT2D eigenvalue weighted by Gasteiger charge is -2.12. The van der Waals surface area contributed by atoms with Gasteiger partial charge in [-0.2, -0.15) is 4.98 Å². The normalized spacial score (nSPS) is 11.2. The number of rotatable bonds is 10. The molecule has 8 nitrogen and oxygen atoms in total. The molecule has 0 amide bonds. The lowest BCUT2D eigenvalue weighted by Crippen LogP contribution is -2.37. The van der Waals surface area contributed by atoms with Crippen molar-refractivity contribution < 1.29 is 14.0 Å². The maximum Gasteiger partial charge on any atom is 0.226 e. The van der Waals surface area contributed by atoms with Crippen LogP contribution in [0.3, 0.4) is 0 Å². The summed E-state index contributed by atoms with van der Waals surface area (Å²) in [4.78, 5) is 9.04. The van der Waals surface area contributed by atoms with E-state index in [1.807, 2.05) is 39.0 Å². The van der Waals surface area contributed by atoms with E-state index in [9.17, 15) is 0 Å². The first-order chi connectivity index (χ1) is 13.6. The minimum atomic E-state index is 0. The van der Waals surface area contributed by atoms with Crippen LogP contribution in [0.1, 0.15) is 50.4 Å². The molecule has 0 radical (unpaired) electrons. The molecule has 2 aromatic rings. The first-order valence-electron chi connectivity index (χ1n) is 9.62. The molecule has 9 heteroatoms. The summed E-state index contributed by atoms with van der Waals surface area (Å²) in [6.07, 6.45) is 1.61. The Morgan fingerprint density at radius 2 is 2.00 bits per heavy atom. The Balaban J connectivity index is 0.00000420. The lowest BCUT2D eigenvalue weighted by molar-refractivity contribution is 0.368. The van der Waals surface area contributed by atoms with Gasteiger partial charge in [-0.1, -0.05) is 19.0 Å². The minimum absolute atomic E-state index is 0. The van der Waals surface area contributed by atoms with Crippen molar-refractivity contribution in [2.75, 3.05) is 27.3 Å². The summed E-state index contributed by atoms with van der Waals surface area (Å²) in [7, 11) is 3.28. The van der Waals surface area contributed by atoms with Crippen LogP contribution in [0, 0.1) is 0 Å². The third kappa shape index (κ3) is 8.08. The number of hydrogen-bond acceptors (Lipinski definition) is 6. The van der Waals surface area contributed by atoms with Crippen molar-refractivity contribution in [2.45, 2.75) is 46.1 Å². The molecular weight excluding hydrogens is 485 g/mol. The average molecular weight is 517 g/mol. The van der Waals surface area contributed by atoms with Crippen LogP contribution in [-0.4, -0.2) is 43.4 Å². The number of hydrogen-bond donors (Lipinski definition) is 2. The van der Waals surface area contributed by atoms with Gasteiger partial charge in [0.2, 0.25) is 5.89 Å². The molecule has 0 unspecified atom stereocenters. The monoisotopic (exact) mass is 517 g/mol. The molecule has 1 aromatic heterocycles. The van der Waals surface area contributed by atoms with Crippen molar-refractivity contribution in [3.63, 3.8) is 0 Å². The van der Waals surface area contributed by atoms with Gasteiger partial charge < -0.3 is 24.6 Å². The van der Waals surface area contributed by atoms with Crippen molar-refractivity contribution in [3.05, 3.63) is 35.5 Å². The van der Waals surface area contributed by atoms with Crippen molar-refractivity contribution >= 4 is 29.9 Å². The number of aryl methyl sites for hydroxylation is 1. The van der Waals surface area contributed by atoms with Gasteiger partial charge in [0, 0.05) is 37.1 Å². The summed E-state index contributed by atoms with van der Waals surface area (Å²) in [6.45, 7) is 8.18. The summed E-state index contributed by atoms with van der Waals surface area (Å²) in [5.74, 6) is 3.99. The predicted octanol–water partition coefficient (Wildman–Crippen LogP) is 3.52. The molecule has 0 spiro atoms. The molecule has 0 bridgehead atoms. The number of nitrogens with one attached hydrogen (secondary N) is 2. The van der Waals surface area contributed by atoms with Gasteiger partial charge in [0.1, 0.15) is 11.5 Å². The summed E-state index contributed by atoms with van der Waals surface area (Å²) >= 11 is 0. The van der Waals surface area contributed by atoms with E-state index < -0.39 is 0 Å². The first-order valence-corrected chi connectivity index (χ1v) is 9.62. The molecule has 0 atom stereocenters. The number of methoxy groups -OCH3 is 2. The average Bonchev–Trinajstić information content (AvgIpc) is 3.18. The molecule has 0 aliphatic heterocycles. The number of halogens is 1. The van der Waals surface area contributed by atoms with Crippen molar-refractivity contribution in [1.29, 1.82) is 0 Å². The molecule has 162 valence electrons. The summed E-state index contributed by atoms with van der Waals surface area (Å²) in [5.41, 5.74) is 0.993. The second-order valence-corrected chi connectivity index (χ2v) is 6.60. The van der Waals surface area contributed by atoms with Gasteiger partial charge in [-0.3, -0.25) is 0 Å². The molecule has 0 aliphatic carbocycles. The zero-order valence-corrected chi connectivity index (χ0v) is 20.1. The Morgan fingerprint density at radius 3 is 2.62 bits per heavy atom. The molecule has 2 N–H and O–H groups in total. The molecular formula is C20H32IN5O3. The summed E-state index contributed by atoms with van der Waals surface area (Å²) in [6, 6.07) is 5.73. The van der Waals surface area contributed by atoms with Gasteiger partial charge in [0.05, 0.1) is 20.8 Å². The number of aliphatic imine (C=N–C) groups is 1.